The van der Waals surface area contributed by atoms with Gasteiger partial charge in [0.15, 0.2) is 5.96 Å². The van der Waals surface area contributed by atoms with E-state index in [0.29, 0.717) is 17.4 Å². The predicted octanol–water partition coefficient (Wildman–Crippen LogP) is 2.81. The predicted molar refractivity (Wildman–Crippen MR) is 104 cm³/mol. The third-order valence-corrected chi connectivity index (χ3v) is 5.55. The Kier molecular flexibility index (Phi) is 5.84. The standard InChI is InChI=1S/C20H32N4O/c1-16(2)18(23-17-7-5-4-6-8-17)13-22-19(21-3)24-11-9-20(14-24)10-12-25-15-20/h4-8,16,18,23H,9-15H2,1-3H3,(H,21,22). The molecule has 5 heteroatoms. The van der Waals surface area contributed by atoms with Crippen LogP contribution in [0.25, 0.3) is 0 Å². The lowest BCUT2D eigenvalue weighted by atomic mass is 9.87. The molecule has 2 atom stereocenters. The Morgan fingerprint density at radius 2 is 2.08 bits per heavy atom. The van der Waals surface area contributed by atoms with E-state index in [0.717, 1.165) is 38.8 Å². The molecule has 2 aliphatic rings. The van der Waals surface area contributed by atoms with E-state index >= 15 is 0 Å². The molecule has 2 fully saturated rings. The van der Waals surface area contributed by atoms with Gasteiger partial charge in [0.05, 0.1) is 6.61 Å². The van der Waals surface area contributed by atoms with Crippen molar-refractivity contribution in [3.8, 4) is 0 Å². The first-order valence-corrected chi connectivity index (χ1v) is 9.47. The van der Waals surface area contributed by atoms with Gasteiger partial charge in [-0.15, -0.1) is 0 Å². The van der Waals surface area contributed by atoms with Gasteiger partial charge < -0.3 is 20.3 Å². The molecule has 0 amide bonds. The molecule has 5 nitrogen and oxygen atoms in total. The molecule has 0 radical (unpaired) electrons. The monoisotopic (exact) mass is 344 g/mol. The van der Waals surface area contributed by atoms with Crippen LogP contribution in [0.15, 0.2) is 35.3 Å². The molecule has 1 aromatic rings. The molecule has 2 N–H and O–H groups in total. The molecule has 2 heterocycles. The lowest BCUT2D eigenvalue weighted by molar-refractivity contribution is 0.156. The van der Waals surface area contributed by atoms with Crippen LogP contribution in [0.3, 0.4) is 0 Å². The number of guanidine groups is 1. The molecular weight excluding hydrogens is 312 g/mol. The number of nitrogens with zero attached hydrogens (tertiary/aromatic N) is 2. The van der Waals surface area contributed by atoms with Crippen molar-refractivity contribution in [1.29, 1.82) is 0 Å². The van der Waals surface area contributed by atoms with E-state index in [2.05, 4.69) is 58.6 Å². The Morgan fingerprint density at radius 3 is 2.72 bits per heavy atom. The van der Waals surface area contributed by atoms with E-state index in [-0.39, 0.29) is 0 Å². The average Bonchev–Trinajstić information content (AvgIpc) is 3.25. The Hall–Kier alpha value is -1.75. The molecule has 3 rings (SSSR count). The van der Waals surface area contributed by atoms with Gasteiger partial charge in [-0.3, -0.25) is 4.99 Å². The minimum Gasteiger partial charge on any atom is -0.381 e. The maximum Gasteiger partial charge on any atom is 0.193 e. The number of likely N-dealkylation sites (tertiary alicyclic amines) is 1. The lowest BCUT2D eigenvalue weighted by Crippen LogP contribution is -2.46. The zero-order chi connectivity index (χ0) is 17.7. The van der Waals surface area contributed by atoms with Crippen LogP contribution in [0.2, 0.25) is 0 Å². The van der Waals surface area contributed by atoms with Gasteiger partial charge in [-0.05, 0) is 30.9 Å². The summed E-state index contributed by atoms with van der Waals surface area (Å²) in [6.45, 7) is 9.32. The number of anilines is 1. The van der Waals surface area contributed by atoms with E-state index in [1.165, 1.54) is 18.5 Å². The van der Waals surface area contributed by atoms with Crippen LogP contribution in [-0.4, -0.2) is 56.8 Å². The van der Waals surface area contributed by atoms with Crippen molar-refractivity contribution in [2.75, 3.05) is 45.2 Å². The Bertz CT molecular complexity index is 566. The fourth-order valence-electron chi connectivity index (χ4n) is 3.82. The molecule has 2 saturated heterocycles. The summed E-state index contributed by atoms with van der Waals surface area (Å²) in [5.41, 5.74) is 1.53. The maximum atomic E-state index is 5.64. The zero-order valence-electron chi connectivity index (χ0n) is 15.8. The van der Waals surface area contributed by atoms with Crippen molar-refractivity contribution < 1.29 is 4.74 Å². The summed E-state index contributed by atoms with van der Waals surface area (Å²) in [5.74, 6) is 1.54. The van der Waals surface area contributed by atoms with Crippen LogP contribution >= 0.6 is 0 Å². The van der Waals surface area contributed by atoms with Crippen molar-refractivity contribution in [3.63, 3.8) is 0 Å². The van der Waals surface area contributed by atoms with E-state index in [1.807, 2.05) is 13.1 Å². The number of hydrogen-bond acceptors (Lipinski definition) is 3. The SMILES string of the molecule is CN=C(NCC(Nc1ccccc1)C(C)C)N1CCC2(CCOC2)C1. The second kappa shape index (κ2) is 8.09. The summed E-state index contributed by atoms with van der Waals surface area (Å²) in [5, 5.41) is 7.23. The first kappa shape index (κ1) is 18.1. The number of hydrogen-bond donors (Lipinski definition) is 2. The van der Waals surface area contributed by atoms with Crippen molar-refractivity contribution in [2.45, 2.75) is 32.7 Å². The van der Waals surface area contributed by atoms with Gasteiger partial charge in [0.2, 0.25) is 0 Å². The Labute approximate surface area is 151 Å². The molecule has 2 aliphatic heterocycles. The third kappa shape index (κ3) is 4.46. The number of para-hydroxylation sites is 1. The van der Waals surface area contributed by atoms with E-state index in [4.69, 9.17) is 4.74 Å². The van der Waals surface area contributed by atoms with Crippen LogP contribution in [0.1, 0.15) is 26.7 Å². The van der Waals surface area contributed by atoms with Gasteiger partial charge in [0, 0.05) is 50.4 Å². The van der Waals surface area contributed by atoms with Crippen LogP contribution in [0, 0.1) is 11.3 Å². The molecule has 1 spiro atoms. The lowest BCUT2D eigenvalue weighted by Gasteiger charge is -2.28. The highest BCUT2D eigenvalue weighted by Crippen LogP contribution is 2.38. The molecule has 0 bridgehead atoms. The number of rotatable bonds is 5. The highest BCUT2D eigenvalue weighted by molar-refractivity contribution is 5.80. The molecule has 0 aromatic heterocycles. The van der Waals surface area contributed by atoms with Gasteiger partial charge in [0.25, 0.3) is 0 Å². The highest BCUT2D eigenvalue weighted by atomic mass is 16.5. The van der Waals surface area contributed by atoms with Crippen molar-refractivity contribution in [2.24, 2.45) is 16.3 Å². The Morgan fingerprint density at radius 1 is 1.28 bits per heavy atom. The fourth-order valence-corrected chi connectivity index (χ4v) is 3.82. The van der Waals surface area contributed by atoms with Gasteiger partial charge in [-0.25, -0.2) is 0 Å². The maximum absolute atomic E-state index is 5.64. The number of ether oxygens (including phenoxy) is 1. The Balaban J connectivity index is 1.56. The molecule has 0 aliphatic carbocycles. The van der Waals surface area contributed by atoms with Crippen LogP contribution < -0.4 is 10.6 Å². The van der Waals surface area contributed by atoms with Crippen molar-refractivity contribution >= 4 is 11.6 Å². The summed E-state index contributed by atoms with van der Waals surface area (Å²) in [6, 6.07) is 10.8. The largest absolute Gasteiger partial charge is 0.381 e. The number of nitrogens with one attached hydrogen (secondary N) is 2. The fraction of sp³-hybridized carbons (Fsp3) is 0.650. The normalized spacial score (nSPS) is 25.0. The van der Waals surface area contributed by atoms with E-state index in [1.54, 1.807) is 0 Å². The van der Waals surface area contributed by atoms with Crippen LogP contribution in [-0.2, 0) is 4.74 Å². The molecule has 2 unspecified atom stereocenters. The average molecular weight is 345 g/mol. The first-order valence-electron chi connectivity index (χ1n) is 9.47. The highest BCUT2D eigenvalue weighted by Gasteiger charge is 2.42. The third-order valence-electron chi connectivity index (χ3n) is 5.55. The molecule has 0 saturated carbocycles. The van der Waals surface area contributed by atoms with Crippen LogP contribution in [0.4, 0.5) is 5.69 Å². The zero-order valence-corrected chi connectivity index (χ0v) is 15.8. The summed E-state index contributed by atoms with van der Waals surface area (Å²) in [7, 11) is 1.88. The molecular formula is C20H32N4O. The van der Waals surface area contributed by atoms with Crippen molar-refractivity contribution in [1.82, 2.24) is 10.2 Å². The van der Waals surface area contributed by atoms with Gasteiger partial charge in [-0.2, -0.15) is 0 Å². The second-order valence-electron chi connectivity index (χ2n) is 7.76. The van der Waals surface area contributed by atoms with Crippen LogP contribution in [0.5, 0.6) is 0 Å². The summed E-state index contributed by atoms with van der Waals surface area (Å²) >= 11 is 0. The topological polar surface area (TPSA) is 48.9 Å². The van der Waals surface area contributed by atoms with Gasteiger partial charge in [0.1, 0.15) is 0 Å². The molecule has 138 valence electrons. The minimum absolute atomic E-state index is 0.352. The van der Waals surface area contributed by atoms with E-state index < -0.39 is 0 Å². The van der Waals surface area contributed by atoms with E-state index in [9.17, 15) is 0 Å². The molecule has 25 heavy (non-hydrogen) atoms. The van der Waals surface area contributed by atoms with Gasteiger partial charge >= 0.3 is 0 Å². The summed E-state index contributed by atoms with van der Waals surface area (Å²) in [6.07, 6.45) is 2.40. The quantitative estimate of drug-likeness (QED) is 0.637. The summed E-state index contributed by atoms with van der Waals surface area (Å²) < 4.78 is 5.64. The number of benzene rings is 1. The smallest absolute Gasteiger partial charge is 0.193 e. The summed E-state index contributed by atoms with van der Waals surface area (Å²) in [4.78, 5) is 6.92. The number of aliphatic imine (C=N–C) groups is 1. The second-order valence-corrected chi connectivity index (χ2v) is 7.76. The molecule has 1 aromatic carbocycles. The van der Waals surface area contributed by atoms with Crippen molar-refractivity contribution in [3.05, 3.63) is 30.3 Å². The minimum atomic E-state index is 0.352. The van der Waals surface area contributed by atoms with Gasteiger partial charge in [-0.1, -0.05) is 32.0 Å². The first-order chi connectivity index (χ1) is 12.1.